The molecule has 4 heteroatoms. The summed E-state index contributed by atoms with van der Waals surface area (Å²) in [5.74, 6) is -0.0664. The van der Waals surface area contributed by atoms with Crippen LogP contribution in [0.3, 0.4) is 0 Å². The first-order valence-corrected chi connectivity index (χ1v) is 7.45. The van der Waals surface area contributed by atoms with Crippen molar-refractivity contribution in [2.45, 2.75) is 25.3 Å². The number of hydrogen-bond acceptors (Lipinski definition) is 3. The van der Waals surface area contributed by atoms with Crippen LogP contribution in [0.5, 0.6) is 0 Å². The van der Waals surface area contributed by atoms with Crippen molar-refractivity contribution in [2.75, 3.05) is 20.3 Å². The van der Waals surface area contributed by atoms with Crippen LogP contribution in [0.25, 0.3) is 10.8 Å². The zero-order chi connectivity index (χ0) is 16.0. The van der Waals surface area contributed by atoms with E-state index in [0.29, 0.717) is 19.4 Å². The average Bonchev–Trinajstić information content (AvgIpc) is 2.47. The summed E-state index contributed by atoms with van der Waals surface area (Å²) in [5, 5.41) is 14.4. The van der Waals surface area contributed by atoms with Gasteiger partial charge in [-0.15, -0.1) is 0 Å². The highest BCUT2D eigenvalue weighted by molar-refractivity contribution is 5.85. The van der Waals surface area contributed by atoms with Gasteiger partial charge in [-0.2, -0.15) is 0 Å². The molecule has 0 saturated carbocycles. The SMILES string of the molecule is COCC(C)(CCO)NC(=O)Cc1ccc2ccccc2c1. The van der Waals surface area contributed by atoms with Crippen LogP contribution < -0.4 is 5.32 Å². The van der Waals surface area contributed by atoms with E-state index in [1.165, 1.54) is 0 Å². The molecule has 0 aromatic heterocycles. The number of hydrogen-bond donors (Lipinski definition) is 2. The second-order valence-corrected chi connectivity index (χ2v) is 5.87. The Kier molecular flexibility index (Phi) is 5.52. The van der Waals surface area contributed by atoms with E-state index in [1.807, 2.05) is 43.3 Å². The molecule has 0 aliphatic carbocycles. The van der Waals surface area contributed by atoms with E-state index in [9.17, 15) is 4.79 Å². The Labute approximate surface area is 131 Å². The summed E-state index contributed by atoms with van der Waals surface area (Å²) in [6, 6.07) is 14.1. The topological polar surface area (TPSA) is 58.6 Å². The van der Waals surface area contributed by atoms with Crippen LogP contribution >= 0.6 is 0 Å². The number of carbonyl (C=O) groups is 1. The summed E-state index contributed by atoms with van der Waals surface area (Å²) in [4.78, 5) is 12.3. The fraction of sp³-hybridized carbons (Fsp3) is 0.389. The Balaban J connectivity index is 2.06. The predicted molar refractivity (Wildman–Crippen MR) is 87.8 cm³/mol. The van der Waals surface area contributed by atoms with Crippen LogP contribution in [0.2, 0.25) is 0 Å². The molecule has 0 aliphatic rings. The zero-order valence-corrected chi connectivity index (χ0v) is 13.1. The minimum atomic E-state index is -0.544. The molecular weight excluding hydrogens is 278 g/mol. The van der Waals surface area contributed by atoms with Gasteiger partial charge >= 0.3 is 0 Å². The molecule has 0 radical (unpaired) electrons. The van der Waals surface area contributed by atoms with Crippen molar-refractivity contribution in [2.24, 2.45) is 0 Å². The van der Waals surface area contributed by atoms with E-state index in [4.69, 9.17) is 9.84 Å². The van der Waals surface area contributed by atoms with Gasteiger partial charge in [0.1, 0.15) is 0 Å². The molecule has 1 atom stereocenters. The van der Waals surface area contributed by atoms with Crippen LogP contribution in [0, 0.1) is 0 Å². The Hall–Kier alpha value is -1.91. The highest BCUT2D eigenvalue weighted by Crippen LogP contribution is 2.16. The Morgan fingerprint density at radius 2 is 1.95 bits per heavy atom. The Bertz CT molecular complexity index is 633. The van der Waals surface area contributed by atoms with Gasteiger partial charge in [-0.25, -0.2) is 0 Å². The van der Waals surface area contributed by atoms with E-state index in [0.717, 1.165) is 16.3 Å². The Morgan fingerprint density at radius 3 is 2.64 bits per heavy atom. The standard InChI is InChI=1S/C18H23NO3/c1-18(9-10-20,13-22-2)19-17(21)12-14-7-8-15-5-3-4-6-16(15)11-14/h3-8,11,20H,9-10,12-13H2,1-2H3,(H,19,21). The lowest BCUT2D eigenvalue weighted by Crippen LogP contribution is -2.50. The highest BCUT2D eigenvalue weighted by atomic mass is 16.5. The molecule has 0 spiro atoms. The van der Waals surface area contributed by atoms with Gasteiger partial charge in [-0.05, 0) is 29.7 Å². The van der Waals surface area contributed by atoms with Crippen molar-refractivity contribution in [3.63, 3.8) is 0 Å². The number of amides is 1. The van der Waals surface area contributed by atoms with Gasteiger partial charge < -0.3 is 15.2 Å². The second kappa shape index (κ2) is 7.38. The number of methoxy groups -OCH3 is 1. The van der Waals surface area contributed by atoms with Gasteiger partial charge in [-0.3, -0.25) is 4.79 Å². The molecular formula is C18H23NO3. The lowest BCUT2D eigenvalue weighted by molar-refractivity contribution is -0.123. The fourth-order valence-corrected chi connectivity index (χ4v) is 2.65. The predicted octanol–water partition coefficient (Wildman–Crippen LogP) is 2.29. The van der Waals surface area contributed by atoms with Crippen molar-refractivity contribution in [3.8, 4) is 0 Å². The fourth-order valence-electron chi connectivity index (χ4n) is 2.65. The number of aliphatic hydroxyl groups is 1. The lowest BCUT2D eigenvalue weighted by Gasteiger charge is -2.29. The molecule has 1 amide bonds. The van der Waals surface area contributed by atoms with Crippen LogP contribution in [0.15, 0.2) is 42.5 Å². The van der Waals surface area contributed by atoms with Gasteiger partial charge in [0.15, 0.2) is 0 Å². The molecule has 0 aliphatic heterocycles. The van der Waals surface area contributed by atoms with Crippen LogP contribution in [-0.2, 0) is 16.0 Å². The third-order valence-corrected chi connectivity index (χ3v) is 3.75. The van der Waals surface area contributed by atoms with Crippen molar-refractivity contribution < 1.29 is 14.6 Å². The zero-order valence-electron chi connectivity index (χ0n) is 13.1. The molecule has 2 rings (SSSR count). The molecule has 1 unspecified atom stereocenters. The smallest absolute Gasteiger partial charge is 0.224 e. The second-order valence-electron chi connectivity index (χ2n) is 5.87. The highest BCUT2D eigenvalue weighted by Gasteiger charge is 2.25. The molecule has 118 valence electrons. The van der Waals surface area contributed by atoms with Crippen molar-refractivity contribution in [1.82, 2.24) is 5.32 Å². The van der Waals surface area contributed by atoms with E-state index in [-0.39, 0.29) is 12.5 Å². The normalized spacial score (nSPS) is 13.8. The summed E-state index contributed by atoms with van der Waals surface area (Å²) in [7, 11) is 1.59. The van der Waals surface area contributed by atoms with Gasteiger partial charge in [0.05, 0.1) is 18.6 Å². The Morgan fingerprint density at radius 1 is 1.23 bits per heavy atom. The van der Waals surface area contributed by atoms with Crippen LogP contribution in [0.1, 0.15) is 18.9 Å². The molecule has 0 bridgehead atoms. The number of carbonyl (C=O) groups excluding carboxylic acids is 1. The number of fused-ring (bicyclic) bond motifs is 1. The minimum Gasteiger partial charge on any atom is -0.396 e. The van der Waals surface area contributed by atoms with Gasteiger partial charge in [0, 0.05) is 13.7 Å². The third-order valence-electron chi connectivity index (χ3n) is 3.75. The lowest BCUT2D eigenvalue weighted by atomic mass is 9.98. The van der Waals surface area contributed by atoms with Crippen molar-refractivity contribution in [3.05, 3.63) is 48.0 Å². The maximum Gasteiger partial charge on any atom is 0.224 e. The quantitative estimate of drug-likeness (QED) is 0.825. The monoisotopic (exact) mass is 301 g/mol. The molecule has 2 aromatic carbocycles. The maximum atomic E-state index is 12.3. The molecule has 4 nitrogen and oxygen atoms in total. The molecule has 0 saturated heterocycles. The summed E-state index contributed by atoms with van der Waals surface area (Å²) < 4.78 is 5.14. The number of benzene rings is 2. The summed E-state index contributed by atoms with van der Waals surface area (Å²) >= 11 is 0. The summed E-state index contributed by atoms with van der Waals surface area (Å²) in [6.07, 6.45) is 0.778. The average molecular weight is 301 g/mol. The molecule has 22 heavy (non-hydrogen) atoms. The maximum absolute atomic E-state index is 12.3. The minimum absolute atomic E-state index is 0.0100. The largest absolute Gasteiger partial charge is 0.396 e. The van der Waals surface area contributed by atoms with E-state index in [2.05, 4.69) is 11.4 Å². The number of rotatable bonds is 7. The number of ether oxygens (including phenoxy) is 1. The van der Waals surface area contributed by atoms with E-state index < -0.39 is 5.54 Å². The van der Waals surface area contributed by atoms with Gasteiger partial charge in [0.25, 0.3) is 0 Å². The van der Waals surface area contributed by atoms with Crippen LogP contribution in [0.4, 0.5) is 0 Å². The number of aliphatic hydroxyl groups excluding tert-OH is 1. The summed E-state index contributed by atoms with van der Waals surface area (Å²) in [5.41, 5.74) is 0.428. The first-order valence-electron chi connectivity index (χ1n) is 7.45. The summed E-state index contributed by atoms with van der Waals surface area (Å²) in [6.45, 7) is 2.26. The number of nitrogens with one attached hydrogen (secondary N) is 1. The van der Waals surface area contributed by atoms with Crippen LogP contribution in [-0.4, -0.2) is 36.9 Å². The first-order chi connectivity index (χ1) is 10.6. The molecule has 0 heterocycles. The van der Waals surface area contributed by atoms with E-state index >= 15 is 0 Å². The van der Waals surface area contributed by atoms with Crippen molar-refractivity contribution >= 4 is 16.7 Å². The van der Waals surface area contributed by atoms with Gasteiger partial charge in [-0.1, -0.05) is 42.5 Å². The molecule has 2 aromatic rings. The van der Waals surface area contributed by atoms with Crippen molar-refractivity contribution in [1.29, 1.82) is 0 Å². The molecule has 0 fully saturated rings. The third kappa shape index (κ3) is 4.29. The molecule has 2 N–H and O–H groups in total. The van der Waals surface area contributed by atoms with Gasteiger partial charge in [0.2, 0.25) is 5.91 Å². The first kappa shape index (κ1) is 16.5. The van der Waals surface area contributed by atoms with E-state index in [1.54, 1.807) is 7.11 Å².